The molecule has 8 heteroatoms. The van der Waals surface area contributed by atoms with Crippen molar-refractivity contribution in [2.75, 3.05) is 32.7 Å². The number of carbonyl (C=O) groups is 1. The van der Waals surface area contributed by atoms with E-state index in [0.717, 1.165) is 70.1 Å². The Kier molecular flexibility index (Phi) is 6.03. The zero-order valence-electron chi connectivity index (χ0n) is 15.0. The maximum absolute atomic E-state index is 10.8. The van der Waals surface area contributed by atoms with E-state index in [1.54, 1.807) is 0 Å². The summed E-state index contributed by atoms with van der Waals surface area (Å²) < 4.78 is 2.11. The van der Waals surface area contributed by atoms with Gasteiger partial charge in [0.05, 0.1) is 19.1 Å². The minimum Gasteiger partial charge on any atom is -0.481 e. The Hall–Kier alpha value is -1.51. The maximum atomic E-state index is 10.8. The van der Waals surface area contributed by atoms with E-state index in [2.05, 4.69) is 24.6 Å². The average Bonchev–Trinajstić information content (AvgIpc) is 2.96. The molecule has 2 N–H and O–H groups in total. The van der Waals surface area contributed by atoms with Gasteiger partial charge in [-0.3, -0.25) is 9.69 Å². The van der Waals surface area contributed by atoms with Crippen molar-refractivity contribution < 1.29 is 15.0 Å². The molecule has 0 aromatic carbocycles. The van der Waals surface area contributed by atoms with Gasteiger partial charge in [0.15, 0.2) is 0 Å². The van der Waals surface area contributed by atoms with Gasteiger partial charge in [-0.25, -0.2) is 0 Å². The van der Waals surface area contributed by atoms with Crippen molar-refractivity contribution >= 4 is 5.97 Å². The summed E-state index contributed by atoms with van der Waals surface area (Å²) in [7, 11) is 2.03. The van der Waals surface area contributed by atoms with Crippen LogP contribution in [0.5, 0.6) is 0 Å². The molecule has 2 aliphatic heterocycles. The van der Waals surface area contributed by atoms with Gasteiger partial charge in [-0.05, 0) is 32.2 Å². The molecule has 0 unspecified atom stereocenters. The lowest BCUT2D eigenvalue weighted by molar-refractivity contribution is -0.137. The van der Waals surface area contributed by atoms with Gasteiger partial charge < -0.3 is 19.7 Å². The van der Waals surface area contributed by atoms with E-state index in [9.17, 15) is 9.90 Å². The number of carboxylic acid groups (broad SMARTS) is 1. The molecule has 0 bridgehead atoms. The minimum atomic E-state index is -0.741. The summed E-state index contributed by atoms with van der Waals surface area (Å²) in [6.07, 6.45) is 3.82. The lowest BCUT2D eigenvalue weighted by atomic mass is 9.97. The molecule has 3 rings (SSSR count). The standard InChI is InChI=1S/C17H29N5O3/c1-20-15(12-22-8-4-14(23)5-9-22)18-19-17(20)13-3-2-7-21(11-13)10-6-16(24)25/h13-14,23H,2-12H2,1H3,(H,24,25)/t13-/m0/s1. The minimum absolute atomic E-state index is 0.162. The van der Waals surface area contributed by atoms with E-state index in [0.29, 0.717) is 12.5 Å². The highest BCUT2D eigenvalue weighted by molar-refractivity contribution is 5.66. The van der Waals surface area contributed by atoms with E-state index in [1.807, 2.05) is 7.05 Å². The third-order valence-electron chi connectivity index (χ3n) is 5.43. The van der Waals surface area contributed by atoms with Crippen LogP contribution in [0.15, 0.2) is 0 Å². The monoisotopic (exact) mass is 351 g/mol. The Bertz CT molecular complexity index is 583. The number of carboxylic acids is 1. The number of aliphatic carboxylic acids is 1. The van der Waals surface area contributed by atoms with Crippen LogP contribution in [0.2, 0.25) is 0 Å². The van der Waals surface area contributed by atoms with Gasteiger partial charge in [-0.15, -0.1) is 10.2 Å². The summed E-state index contributed by atoms with van der Waals surface area (Å²) in [4.78, 5) is 15.3. The summed E-state index contributed by atoms with van der Waals surface area (Å²) >= 11 is 0. The van der Waals surface area contributed by atoms with Crippen LogP contribution >= 0.6 is 0 Å². The Morgan fingerprint density at radius 2 is 1.92 bits per heavy atom. The number of likely N-dealkylation sites (tertiary alicyclic amines) is 2. The van der Waals surface area contributed by atoms with Gasteiger partial charge in [-0.2, -0.15) is 0 Å². The Morgan fingerprint density at radius 3 is 2.64 bits per heavy atom. The SMILES string of the molecule is Cn1c(CN2CCC(O)CC2)nnc1[C@H]1CCCN(CCC(=O)O)C1. The van der Waals surface area contributed by atoms with E-state index in [-0.39, 0.29) is 12.5 Å². The summed E-state index contributed by atoms with van der Waals surface area (Å²) in [5.41, 5.74) is 0. The first-order valence-corrected chi connectivity index (χ1v) is 9.25. The number of hydrogen-bond donors (Lipinski definition) is 2. The fraction of sp³-hybridized carbons (Fsp3) is 0.824. The summed E-state index contributed by atoms with van der Waals surface area (Å²) in [6, 6.07) is 0. The summed E-state index contributed by atoms with van der Waals surface area (Å²) in [5.74, 6) is 1.55. The van der Waals surface area contributed by atoms with E-state index in [1.165, 1.54) is 0 Å². The topological polar surface area (TPSA) is 94.7 Å². The van der Waals surface area contributed by atoms with Gasteiger partial charge in [0.25, 0.3) is 0 Å². The van der Waals surface area contributed by atoms with Crippen LogP contribution in [0.4, 0.5) is 0 Å². The zero-order valence-corrected chi connectivity index (χ0v) is 15.0. The quantitative estimate of drug-likeness (QED) is 0.767. The van der Waals surface area contributed by atoms with Crippen LogP contribution in [-0.2, 0) is 18.4 Å². The van der Waals surface area contributed by atoms with Crippen LogP contribution in [0.3, 0.4) is 0 Å². The van der Waals surface area contributed by atoms with Crippen LogP contribution in [-0.4, -0.2) is 79.6 Å². The van der Waals surface area contributed by atoms with Gasteiger partial charge in [0, 0.05) is 39.1 Å². The molecule has 2 aliphatic rings. The molecule has 3 heterocycles. The van der Waals surface area contributed by atoms with E-state index in [4.69, 9.17) is 5.11 Å². The second kappa shape index (κ2) is 8.25. The molecule has 0 spiro atoms. The second-order valence-electron chi connectivity index (χ2n) is 7.32. The lowest BCUT2D eigenvalue weighted by Crippen LogP contribution is -2.37. The normalized spacial score (nSPS) is 23.8. The number of aliphatic hydroxyl groups is 1. The number of hydrogen-bond acceptors (Lipinski definition) is 6. The average molecular weight is 351 g/mol. The molecular formula is C17H29N5O3. The highest BCUT2D eigenvalue weighted by Crippen LogP contribution is 2.26. The number of nitrogens with zero attached hydrogens (tertiary/aromatic N) is 5. The van der Waals surface area contributed by atoms with E-state index < -0.39 is 5.97 Å². The summed E-state index contributed by atoms with van der Waals surface area (Å²) in [5, 5.41) is 27.3. The van der Waals surface area contributed by atoms with Crippen LogP contribution in [0.25, 0.3) is 0 Å². The fourth-order valence-electron chi connectivity index (χ4n) is 3.87. The number of aliphatic hydroxyl groups excluding tert-OH is 1. The van der Waals surface area contributed by atoms with Gasteiger partial charge >= 0.3 is 5.97 Å². The van der Waals surface area contributed by atoms with Crippen LogP contribution in [0, 0.1) is 0 Å². The predicted octanol–water partition coefficient (Wildman–Crippen LogP) is 0.426. The van der Waals surface area contributed by atoms with Crippen molar-refractivity contribution in [3.63, 3.8) is 0 Å². The van der Waals surface area contributed by atoms with Crippen molar-refractivity contribution in [2.24, 2.45) is 7.05 Å². The molecule has 8 nitrogen and oxygen atoms in total. The lowest BCUT2D eigenvalue weighted by Gasteiger charge is -2.32. The number of piperidine rings is 2. The number of aromatic nitrogens is 3. The van der Waals surface area contributed by atoms with Crippen LogP contribution in [0.1, 0.15) is 49.7 Å². The molecule has 1 aromatic rings. The van der Waals surface area contributed by atoms with Gasteiger partial charge in [0.1, 0.15) is 11.6 Å². The molecule has 0 radical (unpaired) electrons. The Balaban J connectivity index is 1.59. The Labute approximate surface area is 148 Å². The zero-order chi connectivity index (χ0) is 17.8. The molecule has 2 fully saturated rings. The van der Waals surface area contributed by atoms with Crippen molar-refractivity contribution in [1.29, 1.82) is 0 Å². The van der Waals surface area contributed by atoms with E-state index >= 15 is 0 Å². The molecule has 0 amide bonds. The Morgan fingerprint density at radius 1 is 1.16 bits per heavy atom. The van der Waals surface area contributed by atoms with Crippen molar-refractivity contribution in [3.05, 3.63) is 11.6 Å². The molecule has 2 saturated heterocycles. The molecule has 140 valence electrons. The van der Waals surface area contributed by atoms with Crippen molar-refractivity contribution in [1.82, 2.24) is 24.6 Å². The van der Waals surface area contributed by atoms with Gasteiger partial charge in [0.2, 0.25) is 0 Å². The predicted molar refractivity (Wildman–Crippen MR) is 92.2 cm³/mol. The molecule has 1 atom stereocenters. The first-order chi connectivity index (χ1) is 12.0. The van der Waals surface area contributed by atoms with Crippen molar-refractivity contribution in [2.45, 2.75) is 50.7 Å². The molecule has 25 heavy (non-hydrogen) atoms. The highest BCUT2D eigenvalue weighted by Gasteiger charge is 2.27. The largest absolute Gasteiger partial charge is 0.481 e. The first-order valence-electron chi connectivity index (χ1n) is 9.25. The molecule has 0 saturated carbocycles. The first kappa shape index (κ1) is 18.3. The number of rotatable bonds is 6. The van der Waals surface area contributed by atoms with Gasteiger partial charge in [-0.1, -0.05) is 0 Å². The fourth-order valence-corrected chi connectivity index (χ4v) is 3.87. The smallest absolute Gasteiger partial charge is 0.304 e. The maximum Gasteiger partial charge on any atom is 0.304 e. The second-order valence-corrected chi connectivity index (χ2v) is 7.32. The van der Waals surface area contributed by atoms with Crippen LogP contribution < -0.4 is 0 Å². The molecule has 1 aromatic heterocycles. The highest BCUT2D eigenvalue weighted by atomic mass is 16.4. The van der Waals surface area contributed by atoms with Crippen molar-refractivity contribution in [3.8, 4) is 0 Å². The third-order valence-corrected chi connectivity index (χ3v) is 5.43. The third kappa shape index (κ3) is 4.77. The molecule has 0 aliphatic carbocycles. The molecular weight excluding hydrogens is 322 g/mol. The summed E-state index contributed by atoms with van der Waals surface area (Å²) in [6.45, 7) is 4.99.